The third-order valence-electron chi connectivity index (χ3n) is 4.86. The van der Waals surface area contributed by atoms with E-state index < -0.39 is 0 Å². The zero-order valence-electron chi connectivity index (χ0n) is 16.9. The molecule has 31 heavy (non-hydrogen) atoms. The van der Waals surface area contributed by atoms with E-state index in [2.05, 4.69) is 20.5 Å². The van der Waals surface area contributed by atoms with Gasteiger partial charge in [0.25, 0.3) is 5.56 Å². The van der Waals surface area contributed by atoms with Crippen LogP contribution < -0.4 is 10.9 Å². The molecule has 1 aromatic carbocycles. The molecule has 0 aliphatic heterocycles. The third kappa shape index (κ3) is 4.75. The molecule has 0 aliphatic rings. The maximum absolute atomic E-state index is 12.8. The van der Waals surface area contributed by atoms with Crippen LogP contribution in [0.15, 0.2) is 66.0 Å². The highest BCUT2D eigenvalue weighted by molar-refractivity contribution is 6.31. The zero-order chi connectivity index (χ0) is 21.8. The lowest BCUT2D eigenvalue weighted by molar-refractivity contribution is -0.121. The van der Waals surface area contributed by atoms with E-state index in [1.54, 1.807) is 35.5 Å². The van der Waals surface area contributed by atoms with Crippen LogP contribution in [0.1, 0.15) is 17.7 Å². The van der Waals surface area contributed by atoms with Gasteiger partial charge >= 0.3 is 0 Å². The molecule has 0 unspecified atom stereocenters. The lowest BCUT2D eigenvalue weighted by Crippen LogP contribution is -2.24. The number of aromatic nitrogens is 5. The van der Waals surface area contributed by atoms with Crippen LogP contribution in [-0.2, 0) is 17.9 Å². The Labute approximate surface area is 183 Å². The summed E-state index contributed by atoms with van der Waals surface area (Å²) in [5, 5.41) is 10.7. The fraction of sp³-hybridized carbons (Fsp3) is 0.182. The second-order valence-electron chi connectivity index (χ2n) is 7.09. The number of pyridine rings is 1. The van der Waals surface area contributed by atoms with Crippen molar-refractivity contribution in [3.8, 4) is 16.8 Å². The van der Waals surface area contributed by atoms with Crippen molar-refractivity contribution < 1.29 is 4.79 Å². The lowest BCUT2D eigenvalue weighted by Gasteiger charge is -2.08. The normalized spacial score (nSPS) is 10.9. The Bertz CT molecular complexity index is 1240. The molecule has 0 aliphatic carbocycles. The topological polar surface area (TPSA) is 97.6 Å². The predicted molar refractivity (Wildman–Crippen MR) is 118 cm³/mol. The second kappa shape index (κ2) is 9.01. The predicted octanol–water partition coefficient (Wildman–Crippen LogP) is 3.09. The van der Waals surface area contributed by atoms with Crippen molar-refractivity contribution in [2.75, 3.05) is 0 Å². The van der Waals surface area contributed by atoms with Gasteiger partial charge in [-0.1, -0.05) is 29.8 Å². The number of aryl methyl sites for hydroxylation is 2. The van der Waals surface area contributed by atoms with Crippen molar-refractivity contribution in [2.24, 2.45) is 0 Å². The van der Waals surface area contributed by atoms with Crippen LogP contribution in [-0.4, -0.2) is 30.5 Å². The van der Waals surface area contributed by atoms with Gasteiger partial charge in [0, 0.05) is 49.9 Å². The number of halogens is 1. The molecular formula is C22H21ClN6O2. The minimum atomic E-state index is -0.164. The van der Waals surface area contributed by atoms with E-state index in [1.165, 1.54) is 4.68 Å². The first-order valence-electron chi connectivity index (χ1n) is 9.77. The van der Waals surface area contributed by atoms with E-state index in [1.807, 2.05) is 37.3 Å². The molecule has 0 saturated heterocycles. The number of hydrogen-bond acceptors (Lipinski definition) is 4. The number of nitrogens with one attached hydrogen (secondary N) is 2. The minimum absolute atomic E-state index is 0.0921. The summed E-state index contributed by atoms with van der Waals surface area (Å²) in [6.07, 6.45) is 6.98. The van der Waals surface area contributed by atoms with Gasteiger partial charge in [-0.05, 0) is 30.7 Å². The van der Waals surface area contributed by atoms with Crippen LogP contribution in [0.5, 0.6) is 0 Å². The van der Waals surface area contributed by atoms with Crippen LogP contribution in [0, 0.1) is 6.92 Å². The Balaban J connectivity index is 1.40. The van der Waals surface area contributed by atoms with Gasteiger partial charge in [-0.3, -0.25) is 24.4 Å². The second-order valence-corrected chi connectivity index (χ2v) is 7.50. The monoisotopic (exact) mass is 436 g/mol. The number of benzene rings is 1. The number of rotatable bonds is 7. The number of aromatic amines is 1. The van der Waals surface area contributed by atoms with E-state index >= 15 is 0 Å². The number of nitrogens with zero attached hydrogens (tertiary/aromatic N) is 4. The van der Waals surface area contributed by atoms with Crippen molar-refractivity contribution in [1.29, 1.82) is 0 Å². The summed E-state index contributed by atoms with van der Waals surface area (Å²) in [6.45, 7) is 2.63. The molecule has 0 fully saturated rings. The van der Waals surface area contributed by atoms with Gasteiger partial charge in [0.1, 0.15) is 0 Å². The Morgan fingerprint density at radius 1 is 1.26 bits per heavy atom. The zero-order valence-corrected chi connectivity index (χ0v) is 17.6. The average molecular weight is 437 g/mol. The molecule has 1 amide bonds. The number of hydrogen-bond donors (Lipinski definition) is 2. The Kier molecular flexibility index (Phi) is 5.99. The van der Waals surface area contributed by atoms with Crippen LogP contribution >= 0.6 is 11.6 Å². The fourth-order valence-electron chi connectivity index (χ4n) is 3.21. The molecule has 9 heteroatoms. The molecule has 0 bridgehead atoms. The number of H-pyrrole nitrogens is 1. The highest BCUT2D eigenvalue weighted by Crippen LogP contribution is 2.15. The van der Waals surface area contributed by atoms with Crippen molar-refractivity contribution in [3.05, 3.63) is 87.8 Å². The van der Waals surface area contributed by atoms with Gasteiger partial charge in [0.05, 0.1) is 22.0 Å². The molecule has 2 N–H and O–H groups in total. The highest BCUT2D eigenvalue weighted by atomic mass is 35.5. The summed E-state index contributed by atoms with van der Waals surface area (Å²) < 4.78 is 3.13. The number of carbonyl (C=O) groups is 1. The largest absolute Gasteiger partial charge is 0.352 e. The van der Waals surface area contributed by atoms with Crippen molar-refractivity contribution >= 4 is 17.5 Å². The first-order chi connectivity index (χ1) is 15.0. The molecule has 3 heterocycles. The van der Waals surface area contributed by atoms with Crippen molar-refractivity contribution in [1.82, 2.24) is 29.9 Å². The van der Waals surface area contributed by atoms with Gasteiger partial charge in [0.2, 0.25) is 5.91 Å². The van der Waals surface area contributed by atoms with Gasteiger partial charge in [-0.15, -0.1) is 0 Å². The molecule has 158 valence electrons. The molecule has 0 atom stereocenters. The van der Waals surface area contributed by atoms with E-state index in [-0.39, 0.29) is 11.5 Å². The maximum atomic E-state index is 12.8. The summed E-state index contributed by atoms with van der Waals surface area (Å²) in [7, 11) is 0. The van der Waals surface area contributed by atoms with Crippen LogP contribution in [0.3, 0.4) is 0 Å². The van der Waals surface area contributed by atoms with Crippen LogP contribution in [0.25, 0.3) is 16.8 Å². The Hall–Kier alpha value is -3.65. The molecule has 0 saturated carbocycles. The van der Waals surface area contributed by atoms with Gasteiger partial charge < -0.3 is 5.32 Å². The summed E-state index contributed by atoms with van der Waals surface area (Å²) in [6, 6.07) is 11.1. The fourth-order valence-corrected chi connectivity index (χ4v) is 3.36. The SMILES string of the molecule is Cc1nn(CCC(=O)NCc2cccc(-n3[nH]cc(-c4cccnc4)c3=O)c2)cc1Cl. The quantitative estimate of drug-likeness (QED) is 0.465. The van der Waals surface area contributed by atoms with Crippen molar-refractivity contribution in [3.63, 3.8) is 0 Å². The van der Waals surface area contributed by atoms with Crippen molar-refractivity contribution in [2.45, 2.75) is 26.4 Å². The summed E-state index contributed by atoms with van der Waals surface area (Å²) in [5.74, 6) is -0.0921. The summed E-state index contributed by atoms with van der Waals surface area (Å²) in [4.78, 5) is 29.1. The molecule has 0 radical (unpaired) electrons. The summed E-state index contributed by atoms with van der Waals surface area (Å²) >= 11 is 5.98. The maximum Gasteiger partial charge on any atom is 0.279 e. The third-order valence-corrected chi connectivity index (χ3v) is 5.23. The molecule has 4 aromatic rings. The van der Waals surface area contributed by atoms with Gasteiger partial charge in [-0.2, -0.15) is 5.10 Å². The van der Waals surface area contributed by atoms with E-state index in [9.17, 15) is 9.59 Å². The number of carbonyl (C=O) groups excluding carboxylic acids is 1. The van der Waals surface area contributed by atoms with Gasteiger partial charge in [0.15, 0.2) is 0 Å². The van der Waals surface area contributed by atoms with Crippen LogP contribution in [0.4, 0.5) is 0 Å². The van der Waals surface area contributed by atoms with Gasteiger partial charge in [-0.25, -0.2) is 4.68 Å². The summed E-state index contributed by atoms with van der Waals surface area (Å²) in [5.41, 5.74) is 3.44. The van der Waals surface area contributed by atoms with E-state index in [4.69, 9.17) is 11.6 Å². The van der Waals surface area contributed by atoms with Crippen LogP contribution in [0.2, 0.25) is 5.02 Å². The Morgan fingerprint density at radius 3 is 2.87 bits per heavy atom. The smallest absolute Gasteiger partial charge is 0.279 e. The highest BCUT2D eigenvalue weighted by Gasteiger charge is 2.11. The molecule has 4 rings (SSSR count). The molecule has 0 spiro atoms. The average Bonchev–Trinajstić information content (AvgIpc) is 3.33. The lowest BCUT2D eigenvalue weighted by atomic mass is 10.1. The van der Waals surface area contributed by atoms with E-state index in [0.29, 0.717) is 35.8 Å². The number of amides is 1. The first-order valence-corrected chi connectivity index (χ1v) is 10.2. The minimum Gasteiger partial charge on any atom is -0.352 e. The Morgan fingerprint density at radius 2 is 2.13 bits per heavy atom. The first kappa shape index (κ1) is 20.6. The molecule has 8 nitrogen and oxygen atoms in total. The van der Waals surface area contributed by atoms with E-state index in [0.717, 1.165) is 16.8 Å². The molecule has 3 aromatic heterocycles. The standard InChI is InChI=1S/C22H21ClN6O2/c1-15-20(23)14-28(27-15)9-7-21(30)25-11-16-4-2-6-18(10-16)29-22(31)19(13-26-29)17-5-3-8-24-12-17/h2-6,8,10,12-14,26H,7,9,11H2,1H3,(H,25,30). The molecular weight excluding hydrogens is 416 g/mol.